The molecule has 3 rings (SSSR count). The molecular formula is C13H16N4O3S. The summed E-state index contributed by atoms with van der Waals surface area (Å²) in [6.07, 6.45) is 1.78. The van der Waals surface area contributed by atoms with Crippen LogP contribution in [0.5, 0.6) is 5.75 Å². The van der Waals surface area contributed by atoms with Crippen molar-refractivity contribution in [3.05, 3.63) is 23.8 Å². The minimum absolute atomic E-state index is 0.0774. The predicted octanol–water partition coefficient (Wildman–Crippen LogP) is 1.24. The summed E-state index contributed by atoms with van der Waals surface area (Å²) in [7, 11) is -2.34. The van der Waals surface area contributed by atoms with E-state index >= 15 is 0 Å². The molecule has 0 saturated heterocycles. The Balaban J connectivity index is 2.24. The molecular weight excluding hydrogens is 292 g/mol. The van der Waals surface area contributed by atoms with Crippen molar-refractivity contribution in [2.24, 2.45) is 5.14 Å². The molecule has 0 bridgehead atoms. The monoisotopic (exact) mass is 308 g/mol. The Morgan fingerprint density at radius 3 is 2.62 bits per heavy atom. The lowest BCUT2D eigenvalue weighted by atomic mass is 10.1. The van der Waals surface area contributed by atoms with E-state index in [0.717, 1.165) is 18.4 Å². The lowest BCUT2D eigenvalue weighted by Gasteiger charge is -2.11. The summed E-state index contributed by atoms with van der Waals surface area (Å²) in [5.74, 6) is 1.10. The number of primary sulfonamides is 1. The number of methoxy groups -OCH3 is 1. The molecule has 1 aliphatic rings. The largest absolute Gasteiger partial charge is 0.496 e. The Labute approximate surface area is 122 Å². The van der Waals surface area contributed by atoms with Crippen molar-refractivity contribution in [2.75, 3.05) is 7.11 Å². The van der Waals surface area contributed by atoms with E-state index in [9.17, 15) is 8.42 Å². The van der Waals surface area contributed by atoms with Gasteiger partial charge in [0.25, 0.3) is 15.2 Å². The quantitative estimate of drug-likeness (QED) is 0.916. The molecule has 0 spiro atoms. The molecule has 1 aromatic carbocycles. The first-order chi connectivity index (χ1) is 9.91. The van der Waals surface area contributed by atoms with E-state index in [1.165, 1.54) is 0 Å². The second kappa shape index (κ2) is 4.81. The van der Waals surface area contributed by atoms with Crippen molar-refractivity contribution >= 4 is 10.0 Å². The minimum atomic E-state index is -3.91. The van der Waals surface area contributed by atoms with Gasteiger partial charge in [0, 0.05) is 6.04 Å². The smallest absolute Gasteiger partial charge is 0.273 e. The first-order valence-electron chi connectivity index (χ1n) is 6.54. The third-order valence-corrected chi connectivity index (χ3v) is 4.21. The van der Waals surface area contributed by atoms with Crippen molar-refractivity contribution in [2.45, 2.75) is 31.0 Å². The number of aromatic nitrogens is 3. The first kappa shape index (κ1) is 14.0. The van der Waals surface area contributed by atoms with E-state index in [-0.39, 0.29) is 11.2 Å². The summed E-state index contributed by atoms with van der Waals surface area (Å²) in [4.78, 5) is 0. The first-order valence-corrected chi connectivity index (χ1v) is 8.09. The average molecular weight is 308 g/mol. The van der Waals surface area contributed by atoms with E-state index in [4.69, 9.17) is 9.88 Å². The van der Waals surface area contributed by atoms with Crippen molar-refractivity contribution in [1.82, 2.24) is 14.8 Å². The number of benzene rings is 1. The summed E-state index contributed by atoms with van der Waals surface area (Å²) in [6.45, 7) is 1.95. The molecule has 0 amide bonds. The second-order valence-corrected chi connectivity index (χ2v) is 6.61. The Kier molecular flexibility index (Phi) is 3.22. The van der Waals surface area contributed by atoms with Crippen LogP contribution in [0.1, 0.15) is 24.4 Å². The molecule has 1 fully saturated rings. The maximum atomic E-state index is 11.7. The minimum Gasteiger partial charge on any atom is -0.496 e. The molecule has 2 N–H and O–H groups in total. The summed E-state index contributed by atoms with van der Waals surface area (Å²) < 4.78 is 30.3. The molecule has 0 unspecified atom stereocenters. The van der Waals surface area contributed by atoms with Crippen LogP contribution in [0, 0.1) is 6.92 Å². The Morgan fingerprint density at radius 2 is 2.05 bits per heavy atom. The molecule has 21 heavy (non-hydrogen) atoms. The number of aryl methyl sites for hydroxylation is 1. The highest BCUT2D eigenvalue weighted by atomic mass is 32.2. The maximum Gasteiger partial charge on any atom is 0.273 e. The van der Waals surface area contributed by atoms with Crippen LogP contribution in [0.3, 0.4) is 0 Å². The predicted molar refractivity (Wildman–Crippen MR) is 76.4 cm³/mol. The molecule has 2 aromatic rings. The van der Waals surface area contributed by atoms with Gasteiger partial charge in [-0.25, -0.2) is 13.6 Å². The summed E-state index contributed by atoms with van der Waals surface area (Å²) >= 11 is 0. The molecule has 1 aromatic heterocycles. The Morgan fingerprint density at radius 1 is 1.33 bits per heavy atom. The lowest BCUT2D eigenvalue weighted by Crippen LogP contribution is -2.18. The van der Waals surface area contributed by atoms with Gasteiger partial charge in [-0.1, -0.05) is 11.6 Å². The SMILES string of the molecule is COc1ccc(C)cc1-c1nnc(S(N)(=O)=O)n1C1CC1. The fraction of sp³-hybridized carbons (Fsp3) is 0.385. The van der Waals surface area contributed by atoms with Gasteiger partial charge in [-0.05, 0) is 31.9 Å². The van der Waals surface area contributed by atoms with Crippen molar-refractivity contribution in [1.29, 1.82) is 0 Å². The highest BCUT2D eigenvalue weighted by Crippen LogP contribution is 2.41. The second-order valence-electron chi connectivity index (χ2n) is 5.16. The molecule has 1 heterocycles. The summed E-state index contributed by atoms with van der Waals surface area (Å²) in [5, 5.41) is 12.9. The number of rotatable bonds is 4. The molecule has 1 saturated carbocycles. The summed E-state index contributed by atoms with van der Waals surface area (Å²) in [5.41, 5.74) is 1.74. The van der Waals surface area contributed by atoms with Crippen LogP contribution in [0.25, 0.3) is 11.4 Å². The van der Waals surface area contributed by atoms with Crippen molar-refractivity contribution in [3.63, 3.8) is 0 Å². The van der Waals surface area contributed by atoms with Crippen LogP contribution >= 0.6 is 0 Å². The lowest BCUT2D eigenvalue weighted by molar-refractivity contribution is 0.415. The van der Waals surface area contributed by atoms with Gasteiger partial charge < -0.3 is 4.74 Å². The number of sulfonamides is 1. The van der Waals surface area contributed by atoms with Gasteiger partial charge in [0.2, 0.25) is 0 Å². The Bertz CT molecular complexity index is 794. The van der Waals surface area contributed by atoms with Crippen molar-refractivity contribution in [3.8, 4) is 17.1 Å². The van der Waals surface area contributed by atoms with Crippen LogP contribution < -0.4 is 9.88 Å². The van der Waals surface area contributed by atoms with Crippen LogP contribution in [0.4, 0.5) is 0 Å². The van der Waals surface area contributed by atoms with Gasteiger partial charge in [-0.15, -0.1) is 10.2 Å². The highest BCUT2D eigenvalue weighted by molar-refractivity contribution is 7.89. The highest BCUT2D eigenvalue weighted by Gasteiger charge is 2.34. The standard InChI is InChI=1S/C13H16N4O3S/c1-8-3-6-11(20-2)10(7-8)12-15-16-13(21(14,18)19)17(12)9-4-5-9/h3,6-7,9H,4-5H2,1-2H3,(H2,14,18,19). The molecule has 0 radical (unpaired) electrons. The van der Waals surface area contributed by atoms with E-state index < -0.39 is 10.0 Å². The van der Waals surface area contributed by atoms with E-state index in [1.54, 1.807) is 11.7 Å². The average Bonchev–Trinajstić information content (AvgIpc) is 3.15. The van der Waals surface area contributed by atoms with E-state index in [2.05, 4.69) is 10.2 Å². The van der Waals surface area contributed by atoms with Crippen LogP contribution in [-0.2, 0) is 10.0 Å². The van der Waals surface area contributed by atoms with Gasteiger partial charge in [-0.2, -0.15) is 0 Å². The molecule has 7 nitrogen and oxygen atoms in total. The molecule has 112 valence electrons. The number of hydrogen-bond acceptors (Lipinski definition) is 5. The number of nitrogens with zero attached hydrogens (tertiary/aromatic N) is 3. The third-order valence-electron chi connectivity index (χ3n) is 3.43. The number of ether oxygens (including phenoxy) is 1. The zero-order chi connectivity index (χ0) is 15.2. The molecule has 0 aliphatic heterocycles. The maximum absolute atomic E-state index is 11.7. The van der Waals surface area contributed by atoms with Crippen LogP contribution in [0.15, 0.2) is 23.4 Å². The summed E-state index contributed by atoms with van der Waals surface area (Å²) in [6, 6.07) is 5.72. The van der Waals surface area contributed by atoms with Gasteiger partial charge in [0.15, 0.2) is 5.82 Å². The molecule has 0 atom stereocenters. The Hall–Kier alpha value is -1.93. The zero-order valence-electron chi connectivity index (χ0n) is 11.8. The third kappa shape index (κ3) is 2.52. The van der Waals surface area contributed by atoms with E-state index in [1.807, 2.05) is 25.1 Å². The van der Waals surface area contributed by atoms with Crippen molar-refractivity contribution < 1.29 is 13.2 Å². The zero-order valence-corrected chi connectivity index (χ0v) is 12.6. The number of nitrogens with two attached hydrogens (primary N) is 1. The molecule has 8 heteroatoms. The fourth-order valence-corrected chi connectivity index (χ4v) is 2.98. The van der Waals surface area contributed by atoms with Crippen LogP contribution in [-0.4, -0.2) is 30.3 Å². The fourth-order valence-electron chi connectivity index (χ4n) is 2.31. The van der Waals surface area contributed by atoms with Gasteiger partial charge >= 0.3 is 0 Å². The van der Waals surface area contributed by atoms with E-state index in [0.29, 0.717) is 17.1 Å². The van der Waals surface area contributed by atoms with Gasteiger partial charge in [-0.3, -0.25) is 4.57 Å². The van der Waals surface area contributed by atoms with Gasteiger partial charge in [0.1, 0.15) is 5.75 Å². The topological polar surface area (TPSA) is 100 Å². The molecule has 1 aliphatic carbocycles. The normalized spacial score (nSPS) is 15.2. The number of hydrogen-bond donors (Lipinski definition) is 1. The van der Waals surface area contributed by atoms with Crippen LogP contribution in [0.2, 0.25) is 0 Å². The van der Waals surface area contributed by atoms with Gasteiger partial charge in [0.05, 0.1) is 12.7 Å².